The monoisotopic (exact) mass is 302 g/mol. The van der Waals surface area contributed by atoms with Crippen LogP contribution in [0.5, 0.6) is 0 Å². The first-order valence-corrected chi connectivity index (χ1v) is 6.97. The fourth-order valence-electron chi connectivity index (χ4n) is 2.93. The van der Waals surface area contributed by atoms with Crippen LogP contribution in [-0.4, -0.2) is 44.9 Å². The number of nitrogens with zero attached hydrogens (tertiary/aromatic N) is 3. The number of aliphatic imine (C=N–C) groups is 1. The second-order valence-corrected chi connectivity index (χ2v) is 5.34. The van der Waals surface area contributed by atoms with Crippen molar-refractivity contribution < 1.29 is 14.9 Å². The molecule has 2 aromatic rings. The highest BCUT2D eigenvalue weighted by Crippen LogP contribution is 2.39. The summed E-state index contributed by atoms with van der Waals surface area (Å²) in [6.07, 6.45) is 1.90. The first-order chi connectivity index (χ1) is 10.7. The lowest BCUT2D eigenvalue weighted by Crippen LogP contribution is -2.24. The van der Waals surface area contributed by atoms with Gasteiger partial charge in [0.1, 0.15) is 24.0 Å². The summed E-state index contributed by atoms with van der Waals surface area (Å²) in [4.78, 5) is 19.9. The molecule has 22 heavy (non-hydrogen) atoms. The Bertz CT molecular complexity index is 831. The predicted octanol–water partition coefficient (Wildman–Crippen LogP) is 0.122. The van der Waals surface area contributed by atoms with Crippen LogP contribution in [0.4, 0.5) is 11.6 Å². The number of rotatable bonds is 2. The number of hydrogen-bond donors (Lipinski definition) is 3. The third-order valence-corrected chi connectivity index (χ3v) is 3.98. The van der Waals surface area contributed by atoms with Crippen molar-refractivity contribution in [2.45, 2.75) is 24.9 Å². The predicted molar refractivity (Wildman–Crippen MR) is 79.4 cm³/mol. The van der Waals surface area contributed by atoms with E-state index in [1.54, 1.807) is 10.6 Å². The van der Waals surface area contributed by atoms with Gasteiger partial charge in [-0.1, -0.05) is 0 Å². The molecule has 114 valence electrons. The molecule has 0 saturated carbocycles. The molecule has 0 radical (unpaired) electrons. The summed E-state index contributed by atoms with van der Waals surface area (Å²) in [6, 6.07) is 3.08. The van der Waals surface area contributed by atoms with Crippen molar-refractivity contribution >= 4 is 28.7 Å². The number of nitrogens with one attached hydrogen (secondary N) is 1. The fraction of sp³-hybridized carbons (Fsp3) is 0.357. The Kier molecular flexibility index (Phi) is 2.96. The maximum atomic E-state index is 11.6. The standard InChI is InChI=1S/C14H14N4O4/c19-5-9-8(20)3-11(22-9)18-4-7-1-2-10(21)17-13-12(7)14(18)16-6-15-13/h1-2,4,6,8-9,11,19-20H,3,5H2,(H,15,16,17,21)/t8-,9+,11-/m0/s1. The maximum Gasteiger partial charge on any atom is 0.271 e. The van der Waals surface area contributed by atoms with E-state index < -0.39 is 18.4 Å². The molecule has 0 bridgehead atoms. The Labute approximate surface area is 124 Å². The number of ether oxygens (including phenoxy) is 1. The Morgan fingerprint density at radius 1 is 1.45 bits per heavy atom. The van der Waals surface area contributed by atoms with Crippen LogP contribution in [0.25, 0.3) is 10.8 Å². The Morgan fingerprint density at radius 3 is 3.09 bits per heavy atom. The third-order valence-electron chi connectivity index (χ3n) is 3.98. The van der Waals surface area contributed by atoms with Crippen molar-refractivity contribution in [1.29, 1.82) is 0 Å². The Morgan fingerprint density at radius 2 is 2.32 bits per heavy atom. The molecule has 8 nitrogen and oxygen atoms in total. The average Bonchev–Trinajstić information content (AvgIpc) is 3.01. The zero-order valence-corrected chi connectivity index (χ0v) is 11.5. The lowest BCUT2D eigenvalue weighted by molar-refractivity contribution is -0.0435. The maximum absolute atomic E-state index is 11.6. The summed E-state index contributed by atoms with van der Waals surface area (Å²) in [5.74, 6) is 1.06. The highest BCUT2D eigenvalue weighted by molar-refractivity contribution is 6.06. The van der Waals surface area contributed by atoms with E-state index in [1.807, 2.05) is 6.20 Å². The highest BCUT2D eigenvalue weighted by atomic mass is 16.5. The highest BCUT2D eigenvalue weighted by Gasteiger charge is 2.35. The van der Waals surface area contributed by atoms with Gasteiger partial charge in [-0.3, -0.25) is 4.79 Å². The molecule has 2 aliphatic heterocycles. The van der Waals surface area contributed by atoms with E-state index in [4.69, 9.17) is 4.74 Å². The van der Waals surface area contributed by atoms with Gasteiger partial charge in [-0.15, -0.1) is 0 Å². The van der Waals surface area contributed by atoms with Crippen LogP contribution >= 0.6 is 0 Å². The third kappa shape index (κ3) is 1.92. The minimum absolute atomic E-state index is 0.236. The molecule has 3 atom stereocenters. The van der Waals surface area contributed by atoms with E-state index >= 15 is 0 Å². The van der Waals surface area contributed by atoms with Crippen LogP contribution in [0.15, 0.2) is 28.1 Å². The minimum atomic E-state index is -0.722. The molecule has 1 fully saturated rings. The van der Waals surface area contributed by atoms with Gasteiger partial charge >= 0.3 is 0 Å². The van der Waals surface area contributed by atoms with Crippen molar-refractivity contribution in [3.63, 3.8) is 0 Å². The zero-order chi connectivity index (χ0) is 15.3. The molecule has 4 rings (SSSR count). The number of aliphatic hydroxyl groups excluding tert-OH is 2. The molecule has 8 heteroatoms. The Hall–Kier alpha value is -2.29. The average molecular weight is 302 g/mol. The minimum Gasteiger partial charge on any atom is -0.394 e. The van der Waals surface area contributed by atoms with E-state index in [0.29, 0.717) is 18.1 Å². The van der Waals surface area contributed by atoms with E-state index in [2.05, 4.69) is 15.3 Å². The van der Waals surface area contributed by atoms with Gasteiger partial charge < -0.3 is 24.8 Å². The van der Waals surface area contributed by atoms with Gasteiger partial charge in [0.25, 0.3) is 5.56 Å². The van der Waals surface area contributed by atoms with Gasteiger partial charge in [-0.25, -0.2) is 4.99 Å². The van der Waals surface area contributed by atoms with E-state index in [1.165, 1.54) is 12.4 Å². The summed E-state index contributed by atoms with van der Waals surface area (Å²) in [7, 11) is 0. The van der Waals surface area contributed by atoms with Crippen LogP contribution in [0.1, 0.15) is 12.6 Å². The van der Waals surface area contributed by atoms with Gasteiger partial charge in [-0.2, -0.15) is 4.98 Å². The zero-order valence-electron chi connectivity index (χ0n) is 11.5. The van der Waals surface area contributed by atoms with Crippen molar-refractivity contribution in [2.24, 2.45) is 4.99 Å². The van der Waals surface area contributed by atoms with Gasteiger partial charge in [0.15, 0.2) is 0 Å². The van der Waals surface area contributed by atoms with Crippen molar-refractivity contribution in [1.82, 2.24) is 9.55 Å². The van der Waals surface area contributed by atoms with Gasteiger partial charge in [0.05, 0.1) is 24.4 Å². The molecular formula is C14H14N4O4. The Balaban J connectivity index is 1.88. The lowest BCUT2D eigenvalue weighted by atomic mass is 10.2. The van der Waals surface area contributed by atoms with Crippen LogP contribution < -0.4 is 10.9 Å². The van der Waals surface area contributed by atoms with Gasteiger partial charge in [0, 0.05) is 24.1 Å². The van der Waals surface area contributed by atoms with Crippen LogP contribution in [0.3, 0.4) is 0 Å². The largest absolute Gasteiger partial charge is 0.394 e. The molecular weight excluding hydrogens is 288 g/mol. The van der Waals surface area contributed by atoms with Crippen LogP contribution in [0.2, 0.25) is 0 Å². The topological polar surface area (TPSA) is 109 Å². The van der Waals surface area contributed by atoms with E-state index in [-0.39, 0.29) is 12.2 Å². The molecule has 2 aromatic heterocycles. The number of aliphatic hydroxyl groups is 2. The SMILES string of the molecule is O=c1ccc2cn([C@@H]3C[C@H](O)[C@@H](CO)O3)c3c2c(n1)NC=N3. The summed E-state index contributed by atoms with van der Waals surface area (Å²) in [5.41, 5.74) is -0.334. The second-order valence-electron chi connectivity index (χ2n) is 5.34. The molecule has 4 heterocycles. The summed E-state index contributed by atoms with van der Waals surface area (Å²) >= 11 is 0. The molecule has 0 aliphatic carbocycles. The molecule has 0 aromatic carbocycles. The van der Waals surface area contributed by atoms with Crippen molar-refractivity contribution in [3.05, 3.63) is 28.7 Å². The summed E-state index contributed by atoms with van der Waals surface area (Å²) < 4.78 is 7.48. The second kappa shape index (κ2) is 4.87. The number of anilines is 1. The first kappa shape index (κ1) is 13.4. The van der Waals surface area contributed by atoms with Gasteiger partial charge in [-0.05, 0) is 6.07 Å². The van der Waals surface area contributed by atoms with Crippen molar-refractivity contribution in [2.75, 3.05) is 11.9 Å². The van der Waals surface area contributed by atoms with E-state index in [0.717, 1.165) is 10.8 Å². The smallest absolute Gasteiger partial charge is 0.271 e. The summed E-state index contributed by atoms with van der Waals surface area (Å²) in [5, 5.41) is 23.5. The van der Waals surface area contributed by atoms with Crippen LogP contribution in [-0.2, 0) is 4.74 Å². The van der Waals surface area contributed by atoms with E-state index in [9.17, 15) is 15.0 Å². The van der Waals surface area contributed by atoms with Crippen molar-refractivity contribution in [3.8, 4) is 0 Å². The normalized spacial score (nSPS) is 26.4. The quantitative estimate of drug-likeness (QED) is 0.727. The number of hydrogen-bond acceptors (Lipinski definition) is 7. The molecule has 0 unspecified atom stereocenters. The van der Waals surface area contributed by atoms with Crippen LogP contribution in [0, 0.1) is 0 Å². The molecule has 2 aliphatic rings. The molecule has 0 amide bonds. The molecule has 3 N–H and O–H groups in total. The first-order valence-electron chi connectivity index (χ1n) is 6.97. The lowest BCUT2D eigenvalue weighted by Gasteiger charge is -2.16. The van der Waals surface area contributed by atoms with Gasteiger partial charge in [0.2, 0.25) is 0 Å². The fourth-order valence-corrected chi connectivity index (χ4v) is 2.93. The summed E-state index contributed by atoms with van der Waals surface area (Å²) in [6.45, 7) is -0.236. The molecule has 0 spiro atoms. The number of aromatic nitrogens is 2. The molecule has 1 saturated heterocycles.